The summed E-state index contributed by atoms with van der Waals surface area (Å²) < 4.78 is 38.5. The Morgan fingerprint density at radius 3 is 2.64 bits per heavy atom. The lowest BCUT2D eigenvalue weighted by molar-refractivity contribution is -0.141. The van der Waals surface area contributed by atoms with E-state index >= 15 is 0 Å². The standard InChI is InChI=1S/C7H3F3IN3/c8-7(9,10)4-1-2-6-12-3-5(11)14(6)13-4/h1-3H. The maximum absolute atomic E-state index is 12.3. The molecule has 7 heteroatoms. The summed E-state index contributed by atoms with van der Waals surface area (Å²) in [5.41, 5.74) is -0.511. The second-order valence-electron chi connectivity index (χ2n) is 2.57. The van der Waals surface area contributed by atoms with Gasteiger partial charge in [0.15, 0.2) is 11.3 Å². The molecule has 0 atom stereocenters. The zero-order valence-electron chi connectivity index (χ0n) is 6.59. The van der Waals surface area contributed by atoms with E-state index < -0.39 is 11.9 Å². The van der Waals surface area contributed by atoms with Crippen LogP contribution in [0.15, 0.2) is 18.3 Å². The normalized spacial score (nSPS) is 12.3. The summed E-state index contributed by atoms with van der Waals surface area (Å²) >= 11 is 1.87. The fourth-order valence-electron chi connectivity index (χ4n) is 0.997. The second-order valence-corrected chi connectivity index (χ2v) is 3.67. The molecule has 2 aromatic heterocycles. The van der Waals surface area contributed by atoms with Gasteiger partial charge in [-0.1, -0.05) is 0 Å². The predicted molar refractivity (Wildman–Crippen MR) is 50.7 cm³/mol. The van der Waals surface area contributed by atoms with E-state index in [0.717, 1.165) is 10.6 Å². The minimum atomic E-state index is -4.42. The lowest BCUT2D eigenvalue weighted by atomic mass is 10.4. The van der Waals surface area contributed by atoms with Crippen molar-refractivity contribution in [2.24, 2.45) is 0 Å². The quantitative estimate of drug-likeness (QED) is 0.699. The number of alkyl halides is 3. The highest BCUT2D eigenvalue weighted by Gasteiger charge is 2.33. The molecular formula is C7H3F3IN3. The third-order valence-corrected chi connectivity index (χ3v) is 2.35. The summed E-state index contributed by atoms with van der Waals surface area (Å²) in [4.78, 5) is 3.87. The average molecular weight is 313 g/mol. The average Bonchev–Trinajstić information content (AvgIpc) is 2.46. The van der Waals surface area contributed by atoms with Gasteiger partial charge in [-0.3, -0.25) is 0 Å². The van der Waals surface area contributed by atoms with E-state index in [9.17, 15) is 13.2 Å². The van der Waals surface area contributed by atoms with E-state index in [0.29, 0.717) is 9.35 Å². The van der Waals surface area contributed by atoms with Crippen LogP contribution in [0.5, 0.6) is 0 Å². The molecule has 0 fully saturated rings. The topological polar surface area (TPSA) is 30.2 Å². The molecule has 0 aliphatic carbocycles. The molecule has 14 heavy (non-hydrogen) atoms. The van der Waals surface area contributed by atoms with Crippen molar-refractivity contribution in [1.29, 1.82) is 0 Å². The van der Waals surface area contributed by atoms with Crippen LogP contribution in [0, 0.1) is 3.70 Å². The zero-order chi connectivity index (χ0) is 10.3. The van der Waals surface area contributed by atoms with Gasteiger partial charge in [0.1, 0.15) is 3.70 Å². The van der Waals surface area contributed by atoms with Crippen LogP contribution in [0.25, 0.3) is 5.65 Å². The highest BCUT2D eigenvalue weighted by atomic mass is 127. The third-order valence-electron chi connectivity index (χ3n) is 1.61. The Balaban J connectivity index is 2.66. The van der Waals surface area contributed by atoms with Gasteiger partial charge >= 0.3 is 6.18 Å². The van der Waals surface area contributed by atoms with Gasteiger partial charge in [-0.05, 0) is 34.7 Å². The Morgan fingerprint density at radius 1 is 1.29 bits per heavy atom. The molecule has 0 radical (unpaired) electrons. The lowest BCUT2D eigenvalue weighted by Gasteiger charge is -2.05. The van der Waals surface area contributed by atoms with Crippen molar-refractivity contribution in [3.63, 3.8) is 0 Å². The lowest BCUT2D eigenvalue weighted by Crippen LogP contribution is -2.10. The van der Waals surface area contributed by atoms with Crippen molar-refractivity contribution in [2.45, 2.75) is 6.18 Å². The molecule has 0 amide bonds. The number of aromatic nitrogens is 3. The zero-order valence-corrected chi connectivity index (χ0v) is 8.74. The van der Waals surface area contributed by atoms with Crippen LogP contribution in [0.3, 0.4) is 0 Å². The summed E-state index contributed by atoms with van der Waals surface area (Å²) in [5.74, 6) is 0. The molecule has 0 saturated heterocycles. The second kappa shape index (κ2) is 3.07. The summed E-state index contributed by atoms with van der Waals surface area (Å²) in [6.07, 6.45) is -2.95. The first-order valence-electron chi connectivity index (χ1n) is 3.56. The van der Waals surface area contributed by atoms with Crippen LogP contribution >= 0.6 is 22.6 Å². The molecule has 2 aromatic rings. The molecule has 0 bridgehead atoms. The number of hydrogen-bond acceptors (Lipinski definition) is 2. The van der Waals surface area contributed by atoms with Gasteiger partial charge < -0.3 is 0 Å². The van der Waals surface area contributed by atoms with Crippen molar-refractivity contribution in [1.82, 2.24) is 14.6 Å². The highest BCUT2D eigenvalue weighted by Crippen LogP contribution is 2.27. The van der Waals surface area contributed by atoms with Gasteiger partial charge in [-0.25, -0.2) is 9.50 Å². The highest BCUT2D eigenvalue weighted by molar-refractivity contribution is 14.1. The van der Waals surface area contributed by atoms with Crippen molar-refractivity contribution in [3.8, 4) is 0 Å². The third kappa shape index (κ3) is 1.56. The van der Waals surface area contributed by atoms with E-state index in [2.05, 4.69) is 10.1 Å². The van der Waals surface area contributed by atoms with Crippen LogP contribution in [0.4, 0.5) is 13.2 Å². The van der Waals surface area contributed by atoms with E-state index in [1.165, 1.54) is 12.3 Å². The van der Waals surface area contributed by atoms with E-state index in [4.69, 9.17) is 0 Å². The minimum Gasteiger partial charge on any atom is -0.234 e. The molecule has 0 spiro atoms. The Morgan fingerprint density at radius 2 is 2.00 bits per heavy atom. The van der Waals surface area contributed by atoms with Crippen molar-refractivity contribution in [2.75, 3.05) is 0 Å². The molecule has 0 aliphatic heterocycles. The van der Waals surface area contributed by atoms with E-state index in [1.54, 1.807) is 0 Å². The fourth-order valence-corrected chi connectivity index (χ4v) is 1.49. The van der Waals surface area contributed by atoms with E-state index in [1.807, 2.05) is 22.6 Å². The van der Waals surface area contributed by atoms with Crippen LogP contribution in [-0.2, 0) is 6.18 Å². The molecule has 0 aliphatic rings. The van der Waals surface area contributed by atoms with Crippen LogP contribution in [-0.4, -0.2) is 14.6 Å². The molecule has 0 unspecified atom stereocenters. The number of halogens is 4. The summed E-state index contributed by atoms with van der Waals surface area (Å²) in [6.45, 7) is 0. The maximum atomic E-state index is 12.3. The van der Waals surface area contributed by atoms with Gasteiger partial charge in [0.2, 0.25) is 0 Å². The van der Waals surface area contributed by atoms with Crippen LogP contribution < -0.4 is 0 Å². The number of imidazole rings is 1. The van der Waals surface area contributed by atoms with Crippen LogP contribution in [0.2, 0.25) is 0 Å². The van der Waals surface area contributed by atoms with Gasteiger partial charge in [0, 0.05) is 0 Å². The molecule has 0 saturated carbocycles. The molecule has 0 aromatic carbocycles. The summed E-state index contributed by atoms with van der Waals surface area (Å²) in [5, 5.41) is 3.43. The van der Waals surface area contributed by atoms with Gasteiger partial charge in [-0.2, -0.15) is 18.3 Å². The first kappa shape index (κ1) is 9.69. The first-order chi connectivity index (χ1) is 6.48. The monoisotopic (exact) mass is 313 g/mol. The van der Waals surface area contributed by atoms with Gasteiger partial charge in [0.25, 0.3) is 0 Å². The SMILES string of the molecule is FC(F)(F)c1ccc2ncc(I)n2n1. The van der Waals surface area contributed by atoms with Crippen molar-refractivity contribution < 1.29 is 13.2 Å². The Bertz CT molecular complexity index is 476. The largest absolute Gasteiger partial charge is 0.435 e. The Kier molecular flexibility index (Phi) is 2.13. The van der Waals surface area contributed by atoms with Gasteiger partial charge in [-0.15, -0.1) is 0 Å². The molecule has 2 rings (SSSR count). The van der Waals surface area contributed by atoms with Crippen molar-refractivity contribution in [3.05, 3.63) is 27.7 Å². The van der Waals surface area contributed by atoms with Crippen LogP contribution in [0.1, 0.15) is 5.69 Å². The molecule has 3 nitrogen and oxygen atoms in total. The Hall–Kier alpha value is -0.860. The van der Waals surface area contributed by atoms with Gasteiger partial charge in [0.05, 0.1) is 6.20 Å². The molecule has 0 N–H and O–H groups in total. The molecular weight excluding hydrogens is 310 g/mol. The predicted octanol–water partition coefficient (Wildman–Crippen LogP) is 2.35. The van der Waals surface area contributed by atoms with Crippen molar-refractivity contribution >= 4 is 28.2 Å². The summed E-state index contributed by atoms with van der Waals surface area (Å²) in [6, 6.07) is 2.20. The number of nitrogens with zero attached hydrogens (tertiary/aromatic N) is 3. The maximum Gasteiger partial charge on any atom is 0.435 e. The number of fused-ring (bicyclic) bond motifs is 1. The summed E-state index contributed by atoms with van der Waals surface area (Å²) in [7, 11) is 0. The number of rotatable bonds is 0. The smallest absolute Gasteiger partial charge is 0.234 e. The molecule has 74 valence electrons. The Labute approximate surface area is 90.1 Å². The minimum absolute atomic E-state index is 0.405. The van der Waals surface area contributed by atoms with E-state index in [-0.39, 0.29) is 0 Å². The number of hydrogen-bond donors (Lipinski definition) is 0. The fraction of sp³-hybridized carbons (Fsp3) is 0.143. The first-order valence-corrected chi connectivity index (χ1v) is 4.64. The molecule has 2 heterocycles.